The van der Waals surface area contributed by atoms with Crippen molar-refractivity contribution < 1.29 is 0 Å². The van der Waals surface area contributed by atoms with Gasteiger partial charge in [0.2, 0.25) is 0 Å². The molecule has 1 unspecified atom stereocenters. The first kappa shape index (κ1) is 14.2. The van der Waals surface area contributed by atoms with Crippen molar-refractivity contribution in [3.8, 4) is 0 Å². The molecule has 1 heteroatoms. The zero-order valence-electron chi connectivity index (χ0n) is 9.65. The average molecular weight is 171 g/mol. The fourth-order valence-corrected chi connectivity index (χ4v) is 0.950. The van der Waals surface area contributed by atoms with E-state index in [2.05, 4.69) is 32.7 Å². The Kier molecular flexibility index (Phi) is 12.6. The normalized spacial score (nSPS) is 13.3. The highest BCUT2D eigenvalue weighted by Crippen LogP contribution is 2.01. The van der Waals surface area contributed by atoms with Gasteiger partial charge in [0.25, 0.3) is 0 Å². The number of hydrogen-bond donors (Lipinski definition) is 0. The van der Waals surface area contributed by atoms with Gasteiger partial charge in [-0.2, -0.15) is 0 Å². The van der Waals surface area contributed by atoms with Crippen LogP contribution >= 0.6 is 0 Å². The van der Waals surface area contributed by atoms with Gasteiger partial charge in [-0.1, -0.05) is 34.1 Å². The van der Waals surface area contributed by atoms with Gasteiger partial charge in [0.15, 0.2) is 0 Å². The largest absolute Gasteiger partial charge is 0.291 e. The van der Waals surface area contributed by atoms with Crippen LogP contribution in [0.4, 0.5) is 0 Å². The quantitative estimate of drug-likeness (QED) is 0.565. The van der Waals surface area contributed by atoms with Crippen molar-refractivity contribution in [2.45, 2.75) is 66.8 Å². The van der Waals surface area contributed by atoms with Crippen LogP contribution in [0.3, 0.4) is 0 Å². The average Bonchev–Trinajstić information content (AvgIpc) is 2.08. The van der Waals surface area contributed by atoms with Crippen LogP contribution in [-0.2, 0) is 0 Å². The Morgan fingerprint density at radius 2 is 1.75 bits per heavy atom. The van der Waals surface area contributed by atoms with Crippen LogP contribution in [0.25, 0.3) is 0 Å². The first-order valence-electron chi connectivity index (χ1n) is 5.24. The molecule has 74 valence electrons. The second-order valence-corrected chi connectivity index (χ2v) is 2.86. The molecule has 0 radical (unpaired) electrons. The van der Waals surface area contributed by atoms with Gasteiger partial charge in [0.1, 0.15) is 0 Å². The molecule has 0 aromatic heterocycles. The maximum Gasteiger partial charge on any atom is 0.0470 e. The second kappa shape index (κ2) is 10.7. The van der Waals surface area contributed by atoms with Gasteiger partial charge in [-0.25, -0.2) is 0 Å². The van der Waals surface area contributed by atoms with Gasteiger partial charge in [0.05, 0.1) is 0 Å². The maximum absolute atomic E-state index is 4.50. The molecule has 0 saturated heterocycles. The van der Waals surface area contributed by atoms with Crippen LogP contribution in [0, 0.1) is 0 Å². The van der Waals surface area contributed by atoms with Crippen LogP contribution in [-0.4, -0.2) is 11.8 Å². The molecule has 0 aromatic rings. The predicted molar refractivity (Wildman–Crippen MR) is 59.1 cm³/mol. The Bertz CT molecular complexity index is 106. The fourth-order valence-electron chi connectivity index (χ4n) is 0.950. The van der Waals surface area contributed by atoms with Gasteiger partial charge < -0.3 is 0 Å². The second-order valence-electron chi connectivity index (χ2n) is 2.86. The number of nitrogens with zero attached hydrogens (tertiary/aromatic N) is 1. The third kappa shape index (κ3) is 9.67. The Morgan fingerprint density at radius 1 is 1.25 bits per heavy atom. The highest BCUT2D eigenvalue weighted by Gasteiger charge is 1.95. The van der Waals surface area contributed by atoms with E-state index in [1.54, 1.807) is 0 Å². The zero-order chi connectivity index (χ0) is 9.98. The van der Waals surface area contributed by atoms with Crippen LogP contribution in [0.2, 0.25) is 0 Å². The Morgan fingerprint density at radius 3 is 2.08 bits per heavy atom. The molecule has 0 fully saturated rings. The van der Waals surface area contributed by atoms with Gasteiger partial charge in [-0.05, 0) is 26.7 Å². The third-order valence-corrected chi connectivity index (χ3v) is 1.66. The Balaban J connectivity index is 0. The van der Waals surface area contributed by atoms with E-state index in [0.717, 1.165) is 6.42 Å². The molecule has 0 rings (SSSR count). The summed E-state index contributed by atoms with van der Waals surface area (Å²) >= 11 is 0. The highest BCUT2D eigenvalue weighted by molar-refractivity contribution is 5.81. The Labute approximate surface area is 78.3 Å². The lowest BCUT2D eigenvalue weighted by Crippen LogP contribution is -2.00. The monoisotopic (exact) mass is 171 g/mol. The van der Waals surface area contributed by atoms with Crippen LogP contribution < -0.4 is 0 Å². The van der Waals surface area contributed by atoms with Crippen molar-refractivity contribution in [3.63, 3.8) is 0 Å². The lowest BCUT2D eigenvalue weighted by atomic mass is 10.2. The van der Waals surface area contributed by atoms with E-state index in [0.29, 0.717) is 6.04 Å². The van der Waals surface area contributed by atoms with Gasteiger partial charge in [-0.15, -0.1) is 0 Å². The fraction of sp³-hybridized carbons (Fsp3) is 0.909. The summed E-state index contributed by atoms with van der Waals surface area (Å²) in [5.74, 6) is 0. The molecule has 0 aliphatic heterocycles. The summed E-state index contributed by atoms with van der Waals surface area (Å²) in [5, 5.41) is 0. The maximum atomic E-state index is 4.50. The minimum atomic E-state index is 0.532. The van der Waals surface area contributed by atoms with Crippen LogP contribution in [0.5, 0.6) is 0 Å². The van der Waals surface area contributed by atoms with E-state index in [9.17, 15) is 0 Å². The van der Waals surface area contributed by atoms with Crippen LogP contribution in [0.15, 0.2) is 4.99 Å². The SMILES string of the molecule is CC.CCCC(C)N=C(C)CC. The van der Waals surface area contributed by atoms with Gasteiger partial charge >= 0.3 is 0 Å². The topological polar surface area (TPSA) is 12.4 Å². The molecule has 0 heterocycles. The lowest BCUT2D eigenvalue weighted by Gasteiger charge is -2.04. The molecule has 0 aromatic carbocycles. The van der Waals surface area contributed by atoms with Crippen molar-refractivity contribution in [1.82, 2.24) is 0 Å². The molecule has 1 atom stereocenters. The molecule has 0 spiro atoms. The number of rotatable bonds is 4. The molecule has 0 amide bonds. The molecule has 0 saturated carbocycles. The van der Waals surface area contributed by atoms with E-state index in [-0.39, 0.29) is 0 Å². The summed E-state index contributed by atoms with van der Waals surface area (Å²) in [7, 11) is 0. The minimum Gasteiger partial charge on any atom is -0.291 e. The van der Waals surface area contributed by atoms with Gasteiger partial charge in [-0.3, -0.25) is 4.99 Å². The summed E-state index contributed by atoms with van der Waals surface area (Å²) in [4.78, 5) is 4.50. The van der Waals surface area contributed by atoms with Crippen molar-refractivity contribution in [2.24, 2.45) is 4.99 Å². The van der Waals surface area contributed by atoms with Crippen molar-refractivity contribution >= 4 is 5.71 Å². The van der Waals surface area contributed by atoms with Crippen molar-refractivity contribution in [1.29, 1.82) is 0 Å². The highest BCUT2D eigenvalue weighted by atomic mass is 14.8. The summed E-state index contributed by atoms with van der Waals surface area (Å²) in [5.41, 5.74) is 1.28. The summed E-state index contributed by atoms with van der Waals surface area (Å²) in [6, 6.07) is 0.532. The third-order valence-electron chi connectivity index (χ3n) is 1.66. The van der Waals surface area contributed by atoms with E-state index >= 15 is 0 Å². The number of aliphatic imine (C=N–C) groups is 1. The van der Waals surface area contributed by atoms with E-state index in [4.69, 9.17) is 0 Å². The molecule has 0 aliphatic carbocycles. The summed E-state index contributed by atoms with van der Waals surface area (Å²) in [6.07, 6.45) is 3.55. The van der Waals surface area contributed by atoms with Crippen molar-refractivity contribution in [2.75, 3.05) is 0 Å². The number of hydrogen-bond acceptors (Lipinski definition) is 1. The van der Waals surface area contributed by atoms with Crippen LogP contribution in [0.1, 0.15) is 60.8 Å². The van der Waals surface area contributed by atoms with Gasteiger partial charge in [0, 0.05) is 11.8 Å². The smallest absolute Gasteiger partial charge is 0.0470 e. The standard InChI is InChI=1S/C9H19N.C2H6/c1-5-7-9(4)10-8(3)6-2;1-2/h9H,5-7H2,1-4H3;1-2H3. The van der Waals surface area contributed by atoms with E-state index in [1.165, 1.54) is 18.6 Å². The van der Waals surface area contributed by atoms with Crippen molar-refractivity contribution in [3.05, 3.63) is 0 Å². The molecular formula is C11H25N. The molecule has 0 N–H and O–H groups in total. The predicted octanol–water partition coefficient (Wildman–Crippen LogP) is 4.07. The molecule has 0 aliphatic rings. The summed E-state index contributed by atoms with van der Waals surface area (Å²) < 4.78 is 0. The lowest BCUT2D eigenvalue weighted by molar-refractivity contribution is 0.653. The Hall–Kier alpha value is -0.330. The molecule has 12 heavy (non-hydrogen) atoms. The van der Waals surface area contributed by atoms with E-state index in [1.807, 2.05) is 13.8 Å². The summed E-state index contributed by atoms with van der Waals surface area (Å²) in [6.45, 7) is 12.6. The first-order chi connectivity index (χ1) is 5.70. The zero-order valence-corrected chi connectivity index (χ0v) is 9.65. The molecule has 0 bridgehead atoms. The minimum absolute atomic E-state index is 0.532. The first-order valence-corrected chi connectivity index (χ1v) is 5.24. The molecular weight excluding hydrogens is 146 g/mol. The molecule has 1 nitrogen and oxygen atoms in total. The van der Waals surface area contributed by atoms with E-state index < -0.39 is 0 Å².